The molecular weight excluding hydrogens is 160 g/mol. The Kier molecular flexibility index (Phi) is 2.71. The summed E-state index contributed by atoms with van der Waals surface area (Å²) in [5.41, 5.74) is 4.55. The van der Waals surface area contributed by atoms with Gasteiger partial charge in [0, 0.05) is 12.0 Å². The van der Waals surface area contributed by atoms with Crippen LogP contribution in [0.2, 0.25) is 0 Å². The molecule has 2 N–H and O–H groups in total. The molecule has 0 aliphatic heterocycles. The average molecular weight is 177 g/mol. The molecule has 1 aliphatic rings. The van der Waals surface area contributed by atoms with Crippen molar-refractivity contribution in [2.45, 2.75) is 45.0 Å². The molecular formula is C9H17F2N. The smallest absolute Gasteiger partial charge is 0.252 e. The Morgan fingerprint density at radius 3 is 2.00 bits per heavy atom. The zero-order chi connectivity index (χ0) is 9.24. The Morgan fingerprint density at radius 1 is 1.25 bits per heavy atom. The van der Waals surface area contributed by atoms with E-state index in [4.69, 9.17) is 5.73 Å². The van der Waals surface area contributed by atoms with Gasteiger partial charge in [-0.1, -0.05) is 19.3 Å². The van der Waals surface area contributed by atoms with Gasteiger partial charge in [0.15, 0.2) is 0 Å². The SMILES string of the molecule is CC(F)(F)C1(CN)CCCCC1. The summed E-state index contributed by atoms with van der Waals surface area (Å²) in [5.74, 6) is -2.61. The number of halogens is 2. The molecule has 0 amide bonds. The average Bonchev–Trinajstić information content (AvgIpc) is 2.04. The van der Waals surface area contributed by atoms with Crippen molar-refractivity contribution in [2.75, 3.05) is 6.54 Å². The van der Waals surface area contributed by atoms with Crippen LogP contribution in [0.25, 0.3) is 0 Å². The van der Waals surface area contributed by atoms with Crippen molar-refractivity contribution >= 4 is 0 Å². The third-order valence-electron chi connectivity index (χ3n) is 3.13. The quantitative estimate of drug-likeness (QED) is 0.689. The predicted octanol–water partition coefficient (Wildman–Crippen LogP) is 2.55. The number of nitrogens with two attached hydrogens (primary N) is 1. The fraction of sp³-hybridized carbons (Fsp3) is 1.00. The second-order valence-electron chi connectivity index (χ2n) is 3.93. The molecule has 1 fully saturated rings. The lowest BCUT2D eigenvalue weighted by Crippen LogP contribution is -2.46. The normalized spacial score (nSPS) is 24.0. The molecule has 12 heavy (non-hydrogen) atoms. The van der Waals surface area contributed by atoms with Gasteiger partial charge < -0.3 is 5.73 Å². The molecule has 0 aromatic heterocycles. The summed E-state index contributed by atoms with van der Waals surface area (Å²) >= 11 is 0. The van der Waals surface area contributed by atoms with Gasteiger partial charge in [-0.25, -0.2) is 8.78 Å². The van der Waals surface area contributed by atoms with Gasteiger partial charge in [-0.15, -0.1) is 0 Å². The molecule has 0 unspecified atom stereocenters. The minimum Gasteiger partial charge on any atom is -0.330 e. The van der Waals surface area contributed by atoms with Crippen LogP contribution in [-0.2, 0) is 0 Å². The van der Waals surface area contributed by atoms with E-state index in [1.54, 1.807) is 0 Å². The van der Waals surface area contributed by atoms with Crippen LogP contribution in [0.4, 0.5) is 8.78 Å². The molecule has 0 heterocycles. The first-order chi connectivity index (χ1) is 5.52. The monoisotopic (exact) mass is 177 g/mol. The highest BCUT2D eigenvalue weighted by Crippen LogP contribution is 2.46. The van der Waals surface area contributed by atoms with E-state index in [1.165, 1.54) is 0 Å². The molecule has 1 rings (SSSR count). The van der Waals surface area contributed by atoms with E-state index in [2.05, 4.69) is 0 Å². The molecule has 3 heteroatoms. The minimum atomic E-state index is -2.61. The summed E-state index contributed by atoms with van der Waals surface area (Å²) in [6.45, 7) is 1.13. The van der Waals surface area contributed by atoms with Gasteiger partial charge in [-0.3, -0.25) is 0 Å². The van der Waals surface area contributed by atoms with E-state index in [1.807, 2.05) is 0 Å². The van der Waals surface area contributed by atoms with Crippen LogP contribution in [0.3, 0.4) is 0 Å². The van der Waals surface area contributed by atoms with Crippen molar-refractivity contribution in [3.05, 3.63) is 0 Å². The molecule has 0 spiro atoms. The Labute approximate surface area is 72.3 Å². The first kappa shape index (κ1) is 9.90. The third-order valence-corrected chi connectivity index (χ3v) is 3.13. The fourth-order valence-corrected chi connectivity index (χ4v) is 2.05. The zero-order valence-electron chi connectivity index (χ0n) is 7.58. The van der Waals surface area contributed by atoms with Gasteiger partial charge in [0.2, 0.25) is 0 Å². The molecule has 0 radical (unpaired) electrons. The van der Waals surface area contributed by atoms with Crippen molar-refractivity contribution < 1.29 is 8.78 Å². The summed E-state index contributed by atoms with van der Waals surface area (Å²) in [7, 11) is 0. The van der Waals surface area contributed by atoms with Crippen LogP contribution < -0.4 is 5.73 Å². The van der Waals surface area contributed by atoms with Crippen molar-refractivity contribution in [1.82, 2.24) is 0 Å². The summed E-state index contributed by atoms with van der Waals surface area (Å²) in [4.78, 5) is 0. The van der Waals surface area contributed by atoms with E-state index in [9.17, 15) is 8.78 Å². The van der Waals surface area contributed by atoms with E-state index >= 15 is 0 Å². The molecule has 1 saturated carbocycles. The number of rotatable bonds is 2. The van der Waals surface area contributed by atoms with Gasteiger partial charge in [0.1, 0.15) is 0 Å². The highest BCUT2D eigenvalue weighted by Gasteiger charge is 2.48. The maximum absolute atomic E-state index is 13.2. The number of hydrogen-bond donors (Lipinski definition) is 1. The molecule has 0 atom stereocenters. The van der Waals surface area contributed by atoms with E-state index in [0.29, 0.717) is 12.8 Å². The molecule has 0 aromatic carbocycles. The van der Waals surface area contributed by atoms with Crippen LogP contribution in [0.5, 0.6) is 0 Å². The lowest BCUT2D eigenvalue weighted by molar-refractivity contribution is -0.119. The highest BCUT2D eigenvalue weighted by molar-refractivity contribution is 4.92. The van der Waals surface area contributed by atoms with Gasteiger partial charge >= 0.3 is 0 Å². The van der Waals surface area contributed by atoms with Crippen LogP contribution in [-0.4, -0.2) is 12.5 Å². The molecule has 0 bridgehead atoms. The van der Waals surface area contributed by atoms with Crippen LogP contribution in [0, 0.1) is 5.41 Å². The van der Waals surface area contributed by atoms with Crippen LogP contribution >= 0.6 is 0 Å². The molecule has 1 aliphatic carbocycles. The second-order valence-corrected chi connectivity index (χ2v) is 3.93. The lowest BCUT2D eigenvalue weighted by Gasteiger charge is -2.40. The zero-order valence-corrected chi connectivity index (χ0v) is 7.58. The van der Waals surface area contributed by atoms with E-state index in [0.717, 1.165) is 26.2 Å². The lowest BCUT2D eigenvalue weighted by atomic mass is 9.70. The first-order valence-corrected chi connectivity index (χ1v) is 4.60. The Bertz CT molecular complexity index is 145. The third kappa shape index (κ3) is 1.60. The van der Waals surface area contributed by atoms with Crippen molar-refractivity contribution in [3.8, 4) is 0 Å². The van der Waals surface area contributed by atoms with E-state index < -0.39 is 11.3 Å². The van der Waals surface area contributed by atoms with Gasteiger partial charge in [-0.2, -0.15) is 0 Å². The summed E-state index contributed by atoms with van der Waals surface area (Å²) < 4.78 is 26.4. The molecule has 1 nitrogen and oxygen atoms in total. The maximum atomic E-state index is 13.2. The molecule has 0 aromatic rings. The number of hydrogen-bond acceptors (Lipinski definition) is 1. The second kappa shape index (κ2) is 3.29. The maximum Gasteiger partial charge on any atom is 0.252 e. The number of alkyl halides is 2. The van der Waals surface area contributed by atoms with E-state index in [-0.39, 0.29) is 6.54 Å². The van der Waals surface area contributed by atoms with Gasteiger partial charge in [-0.05, 0) is 19.8 Å². The first-order valence-electron chi connectivity index (χ1n) is 4.60. The Hall–Kier alpha value is -0.180. The van der Waals surface area contributed by atoms with Gasteiger partial charge in [0.25, 0.3) is 5.92 Å². The van der Waals surface area contributed by atoms with Crippen molar-refractivity contribution in [3.63, 3.8) is 0 Å². The summed E-state index contributed by atoms with van der Waals surface area (Å²) in [5, 5.41) is 0. The van der Waals surface area contributed by atoms with Crippen molar-refractivity contribution in [1.29, 1.82) is 0 Å². The topological polar surface area (TPSA) is 26.0 Å². The van der Waals surface area contributed by atoms with Gasteiger partial charge in [0.05, 0.1) is 0 Å². The molecule has 72 valence electrons. The van der Waals surface area contributed by atoms with Crippen LogP contribution in [0.1, 0.15) is 39.0 Å². The van der Waals surface area contributed by atoms with Crippen molar-refractivity contribution in [2.24, 2.45) is 11.1 Å². The highest BCUT2D eigenvalue weighted by atomic mass is 19.3. The molecule has 0 saturated heterocycles. The van der Waals surface area contributed by atoms with Crippen LogP contribution in [0.15, 0.2) is 0 Å². The minimum absolute atomic E-state index is 0.122. The Morgan fingerprint density at radius 2 is 1.75 bits per heavy atom. The Balaban J connectivity index is 2.73. The summed E-state index contributed by atoms with van der Waals surface area (Å²) in [6.07, 6.45) is 4.07. The standard InChI is InChI=1S/C9H17F2N/c1-8(10,11)9(7-12)5-3-2-4-6-9/h2-7,12H2,1H3. The predicted molar refractivity (Wildman–Crippen MR) is 45.2 cm³/mol. The largest absolute Gasteiger partial charge is 0.330 e. The summed E-state index contributed by atoms with van der Waals surface area (Å²) in [6, 6.07) is 0. The fourth-order valence-electron chi connectivity index (χ4n) is 2.05.